The third kappa shape index (κ3) is 39.5. The molecule has 1 aliphatic heterocycles. The van der Waals surface area contributed by atoms with Crippen molar-refractivity contribution in [1.29, 1.82) is 0 Å². The lowest BCUT2D eigenvalue weighted by Crippen LogP contribution is -2.46. The number of Topliss-reactive ketones (excluding diaryl/α,β-unsaturated/α-hetero) is 8. The van der Waals surface area contributed by atoms with E-state index >= 15 is 0 Å². The van der Waals surface area contributed by atoms with Crippen LogP contribution >= 0.6 is 24.0 Å². The number of carbonyl (C=O) groups is 12. The number of carbonyl (C=O) groups excluding carboxylic acids is 12. The second-order valence-electron chi connectivity index (χ2n) is 18.4. The summed E-state index contributed by atoms with van der Waals surface area (Å²) in [6.45, 7) is 29.9. The van der Waals surface area contributed by atoms with Crippen molar-refractivity contribution in [2.45, 2.75) is 213 Å². The SMILES string of the molecule is CCC(=O)C(CN)NC(C)=O.CCC(=O)C(CO)NC(C)=O.CCC(=O)C(CS)NC(C)=O.CCC(=O)C(NC(C)=O)C(C)O.CCC(=O)C1=CCC(C)=N1.CCC(=O)c1coc(C)n1.CCC(=O)c1csc(C)n1.CCC(=O)c1nc(C)oc1C. The molecule has 4 amide bonds. The first-order valence-electron chi connectivity index (χ1n) is 28.1. The van der Waals surface area contributed by atoms with E-state index in [0.717, 1.165) is 17.1 Å². The molecule has 3 aromatic rings. The third-order valence-electron chi connectivity index (χ3n) is 10.9. The molecule has 0 saturated heterocycles. The number of aliphatic hydroxyl groups excluding tert-OH is 2. The molecule has 0 fully saturated rings. The van der Waals surface area contributed by atoms with Crippen LogP contribution in [0.1, 0.15) is 209 Å². The average molecular weight is 1250 g/mol. The molecule has 4 heterocycles. The second-order valence-corrected chi connectivity index (χ2v) is 19.9. The number of oxazole rings is 2. The van der Waals surface area contributed by atoms with E-state index in [1.54, 1.807) is 60.8 Å². The van der Waals surface area contributed by atoms with Gasteiger partial charge in [-0.25, -0.2) is 15.0 Å². The zero-order valence-electron chi connectivity index (χ0n) is 53.4. The number of nitrogens with zero attached hydrogens (tertiary/aromatic N) is 4. The van der Waals surface area contributed by atoms with Gasteiger partial charge in [-0.05, 0) is 33.8 Å². The molecule has 484 valence electrons. The lowest BCUT2D eigenvalue weighted by atomic mass is 10.1. The lowest BCUT2D eigenvalue weighted by molar-refractivity contribution is -0.129. The highest BCUT2D eigenvalue weighted by molar-refractivity contribution is 7.80. The van der Waals surface area contributed by atoms with Crippen molar-refractivity contribution in [2.24, 2.45) is 10.7 Å². The van der Waals surface area contributed by atoms with Gasteiger partial charge in [-0.2, -0.15) is 12.6 Å². The number of aliphatic imine (C=N–C) groups is 1. The predicted octanol–water partition coefficient (Wildman–Crippen LogP) is 6.36. The van der Waals surface area contributed by atoms with Crippen LogP contribution in [-0.4, -0.2) is 150 Å². The number of aryl methyl sites for hydroxylation is 4. The van der Waals surface area contributed by atoms with E-state index in [4.69, 9.17) is 24.8 Å². The minimum Gasteiger partial charge on any atom is -0.449 e. The fourth-order valence-electron chi connectivity index (χ4n) is 6.31. The zero-order valence-corrected chi connectivity index (χ0v) is 55.1. The molecule has 5 unspecified atom stereocenters. The minimum atomic E-state index is -0.832. The largest absolute Gasteiger partial charge is 0.449 e. The summed E-state index contributed by atoms with van der Waals surface area (Å²) in [6.07, 6.45) is 6.84. The van der Waals surface area contributed by atoms with E-state index in [2.05, 4.69) is 53.8 Å². The summed E-state index contributed by atoms with van der Waals surface area (Å²) < 4.78 is 9.96. The van der Waals surface area contributed by atoms with Gasteiger partial charge in [0.05, 0.1) is 29.8 Å². The Balaban J connectivity index is -0.000000447. The lowest BCUT2D eigenvalue weighted by Gasteiger charge is -2.18. The van der Waals surface area contributed by atoms with Crippen LogP contribution < -0.4 is 27.0 Å². The molecule has 5 atom stereocenters. The molecule has 86 heavy (non-hydrogen) atoms. The molecule has 0 aliphatic carbocycles. The van der Waals surface area contributed by atoms with Crippen LogP contribution in [0.4, 0.5) is 0 Å². The number of rotatable bonds is 24. The first kappa shape index (κ1) is 85.4. The van der Waals surface area contributed by atoms with E-state index in [1.165, 1.54) is 52.2 Å². The first-order chi connectivity index (χ1) is 40.2. The highest BCUT2D eigenvalue weighted by Gasteiger charge is 2.23. The molecule has 0 spiro atoms. The molecule has 3 aromatic heterocycles. The van der Waals surface area contributed by atoms with Crippen molar-refractivity contribution in [3.8, 4) is 0 Å². The number of nitrogens with one attached hydrogen (secondary N) is 4. The van der Waals surface area contributed by atoms with Gasteiger partial charge in [-0.15, -0.1) is 11.3 Å². The highest BCUT2D eigenvalue weighted by Crippen LogP contribution is 2.13. The number of hydrogen-bond acceptors (Lipinski definition) is 23. The topological polar surface area (TPSA) is 397 Å². The Labute approximate surface area is 515 Å². The van der Waals surface area contributed by atoms with Gasteiger partial charge in [0.1, 0.15) is 46.9 Å². The van der Waals surface area contributed by atoms with Crippen LogP contribution in [0, 0.1) is 27.7 Å². The maximum Gasteiger partial charge on any atom is 0.217 e. The quantitative estimate of drug-likeness (QED) is 0.0357. The van der Waals surface area contributed by atoms with Gasteiger partial charge >= 0.3 is 0 Å². The molecule has 0 bridgehead atoms. The maximum absolute atomic E-state index is 11.1. The molecule has 0 radical (unpaired) electrons. The van der Waals surface area contributed by atoms with E-state index < -0.39 is 30.3 Å². The third-order valence-corrected chi connectivity index (χ3v) is 12.1. The minimum absolute atomic E-state index is 0.0233. The summed E-state index contributed by atoms with van der Waals surface area (Å²) in [4.78, 5) is 146. The Morgan fingerprint density at radius 3 is 1.36 bits per heavy atom. The number of aliphatic hydroxyl groups is 2. The smallest absolute Gasteiger partial charge is 0.217 e. The number of ketones is 8. The van der Waals surface area contributed by atoms with Crippen LogP contribution in [0.15, 0.2) is 37.2 Å². The Bertz CT molecular complexity index is 2550. The molecular formula is C59H95N9O16S2. The van der Waals surface area contributed by atoms with Gasteiger partial charge in [0, 0.05) is 123 Å². The predicted molar refractivity (Wildman–Crippen MR) is 332 cm³/mol. The Morgan fingerprint density at radius 1 is 0.593 bits per heavy atom. The summed E-state index contributed by atoms with van der Waals surface area (Å²) >= 11 is 5.46. The molecule has 0 aromatic carbocycles. The van der Waals surface area contributed by atoms with Crippen LogP contribution in [0.5, 0.6) is 0 Å². The fraction of sp³-hybridized carbons (Fsp3) is 0.593. The molecule has 1 aliphatic rings. The van der Waals surface area contributed by atoms with Crippen LogP contribution in [0.25, 0.3) is 0 Å². The van der Waals surface area contributed by atoms with Crippen molar-refractivity contribution in [3.63, 3.8) is 0 Å². The summed E-state index contributed by atoms with van der Waals surface area (Å²) in [5.41, 5.74) is 8.48. The Morgan fingerprint density at radius 2 is 1.03 bits per heavy atom. The van der Waals surface area contributed by atoms with E-state index in [9.17, 15) is 57.5 Å². The van der Waals surface area contributed by atoms with Crippen LogP contribution in [-0.2, 0) is 43.2 Å². The van der Waals surface area contributed by atoms with Crippen molar-refractivity contribution < 1.29 is 76.6 Å². The summed E-state index contributed by atoms with van der Waals surface area (Å²) in [5.74, 6) is 1.11. The van der Waals surface area contributed by atoms with Gasteiger partial charge in [-0.1, -0.05) is 55.4 Å². The monoisotopic (exact) mass is 1250 g/mol. The molecule has 25 nitrogen and oxygen atoms in total. The first-order valence-corrected chi connectivity index (χ1v) is 29.6. The molecule has 27 heteroatoms. The number of aromatic nitrogens is 3. The summed E-state index contributed by atoms with van der Waals surface area (Å²) in [7, 11) is 0. The second kappa shape index (κ2) is 49.1. The Hall–Kier alpha value is -7.07. The number of hydrogen-bond donors (Lipinski definition) is 8. The van der Waals surface area contributed by atoms with Gasteiger partial charge in [-0.3, -0.25) is 62.5 Å². The average Bonchev–Trinajstić information content (AvgIpc) is 4.50. The van der Waals surface area contributed by atoms with Gasteiger partial charge < -0.3 is 46.0 Å². The molecule has 0 saturated carbocycles. The molecule has 4 rings (SSSR count). The van der Waals surface area contributed by atoms with E-state index in [0.29, 0.717) is 97.4 Å². The summed E-state index contributed by atoms with van der Waals surface area (Å²) in [5, 5.41) is 30.2. The van der Waals surface area contributed by atoms with Crippen molar-refractivity contribution in [2.75, 3.05) is 18.9 Å². The normalized spacial score (nSPS) is 12.3. The number of thiol groups is 1. The molecular weight excluding hydrogens is 1150 g/mol. The van der Waals surface area contributed by atoms with Crippen molar-refractivity contribution in [1.82, 2.24) is 36.2 Å². The van der Waals surface area contributed by atoms with Crippen molar-refractivity contribution >= 4 is 99.6 Å². The number of amides is 4. The Kier molecular flexibility index (Phi) is 48.7. The molecule has 8 N–H and O–H groups in total. The highest BCUT2D eigenvalue weighted by atomic mass is 32.1. The van der Waals surface area contributed by atoms with E-state index in [1.807, 2.05) is 40.7 Å². The number of allylic oxidation sites excluding steroid dienone is 2. The number of nitrogens with two attached hydrogens (primary N) is 1. The fourth-order valence-corrected chi connectivity index (χ4v) is 7.22. The summed E-state index contributed by atoms with van der Waals surface area (Å²) in [6, 6.07) is -2.40. The van der Waals surface area contributed by atoms with Gasteiger partial charge in [0.2, 0.25) is 23.6 Å². The zero-order chi connectivity index (χ0) is 67.4. The van der Waals surface area contributed by atoms with Crippen LogP contribution in [0.3, 0.4) is 0 Å². The number of thiazole rings is 1. The maximum atomic E-state index is 11.1. The van der Waals surface area contributed by atoms with Crippen molar-refractivity contribution in [3.05, 3.63) is 63.0 Å². The van der Waals surface area contributed by atoms with Gasteiger partial charge in [0.15, 0.2) is 58.0 Å². The van der Waals surface area contributed by atoms with E-state index in [-0.39, 0.29) is 83.0 Å². The standard InChI is InChI=1S/C8H15NO3.C8H11NO2.C8H11NO.C7H14N2O2.C7H13NO3.C7H13NO2S.C7H9NO2.C7H9NOS/c1-4-7(12)8(5(2)10)9-6(3)11;1-4-7(10)8-5(2)11-6(3)9-8;1-3-8(10)7-5-4-6(2)9-7;1-3-7(11)6(4-8)9-5(2)10;1-3-7(11)6(4-9)8-5(2)10;1-3-7(10)6(4-11)8-5(2)9;2*1-3-7(9)6-4-10-5(2)8-6/h5,8,10H,4H2,1-3H3,(H,9,11);4H2,1-3H3;5H,3-4H2,1-2H3;6H,3-4,8H2,1-2H3,(H,9,10);6,9H,3-4H2,1-2H3,(H,8,10);6,11H,3-4H2,1-2H3,(H,8,9);2*4H,3H2,1-2H3. The van der Waals surface area contributed by atoms with Crippen LogP contribution in [0.2, 0.25) is 0 Å². The van der Waals surface area contributed by atoms with Gasteiger partial charge in [0.25, 0.3) is 0 Å².